The number of rotatable bonds is 9. The van der Waals surface area contributed by atoms with Crippen LogP contribution in [0.5, 0.6) is 0 Å². The lowest BCUT2D eigenvalue weighted by molar-refractivity contribution is -0.121. The molecule has 7 nitrogen and oxygen atoms in total. The molecule has 136 valence electrons. The van der Waals surface area contributed by atoms with Crippen LogP contribution in [0.2, 0.25) is 0 Å². The van der Waals surface area contributed by atoms with Crippen LogP contribution < -0.4 is 10.6 Å². The SMILES string of the molecule is COCCNC(=O)NC(=O)CN(Cc1ccco1)Cc1ccc(C)s1. The Hall–Kier alpha value is -2.16. The van der Waals surface area contributed by atoms with E-state index in [4.69, 9.17) is 9.15 Å². The van der Waals surface area contributed by atoms with Crippen molar-refractivity contribution in [2.45, 2.75) is 20.0 Å². The predicted octanol–water partition coefficient (Wildman–Crippen LogP) is 2.12. The number of thiophene rings is 1. The van der Waals surface area contributed by atoms with E-state index in [0.29, 0.717) is 26.2 Å². The van der Waals surface area contributed by atoms with Crippen LogP contribution >= 0.6 is 11.3 Å². The van der Waals surface area contributed by atoms with Crippen molar-refractivity contribution in [3.8, 4) is 0 Å². The van der Waals surface area contributed by atoms with Crippen LogP contribution in [0.1, 0.15) is 15.5 Å². The number of hydrogen-bond acceptors (Lipinski definition) is 6. The van der Waals surface area contributed by atoms with E-state index in [1.807, 2.05) is 36.1 Å². The van der Waals surface area contributed by atoms with Crippen molar-refractivity contribution >= 4 is 23.3 Å². The van der Waals surface area contributed by atoms with E-state index in [9.17, 15) is 9.59 Å². The normalized spacial score (nSPS) is 10.8. The van der Waals surface area contributed by atoms with Gasteiger partial charge in [0.2, 0.25) is 5.91 Å². The van der Waals surface area contributed by atoms with Gasteiger partial charge in [-0.25, -0.2) is 4.79 Å². The Morgan fingerprint density at radius 3 is 2.76 bits per heavy atom. The molecule has 0 aliphatic rings. The van der Waals surface area contributed by atoms with Crippen molar-refractivity contribution in [1.82, 2.24) is 15.5 Å². The molecule has 0 saturated carbocycles. The van der Waals surface area contributed by atoms with E-state index in [-0.39, 0.29) is 12.5 Å². The first-order valence-electron chi connectivity index (χ1n) is 7.93. The Morgan fingerprint density at radius 1 is 1.28 bits per heavy atom. The van der Waals surface area contributed by atoms with Gasteiger partial charge in [0.15, 0.2) is 0 Å². The molecule has 8 heteroatoms. The van der Waals surface area contributed by atoms with E-state index in [1.54, 1.807) is 24.7 Å². The number of furan rings is 1. The third-order valence-corrected chi connectivity index (χ3v) is 4.33. The summed E-state index contributed by atoms with van der Waals surface area (Å²) in [6, 6.07) is 7.25. The van der Waals surface area contributed by atoms with Gasteiger partial charge in [-0.2, -0.15) is 0 Å². The second kappa shape index (κ2) is 9.97. The molecule has 0 unspecified atom stereocenters. The molecule has 2 aromatic rings. The number of aryl methyl sites for hydroxylation is 1. The molecule has 2 aromatic heterocycles. The van der Waals surface area contributed by atoms with Crippen LogP contribution in [0.25, 0.3) is 0 Å². The van der Waals surface area contributed by atoms with Gasteiger partial charge in [0, 0.05) is 30.0 Å². The maximum atomic E-state index is 12.1. The van der Waals surface area contributed by atoms with Gasteiger partial charge in [0.05, 0.1) is 26.0 Å². The third-order valence-electron chi connectivity index (χ3n) is 3.35. The number of methoxy groups -OCH3 is 1. The maximum absolute atomic E-state index is 12.1. The minimum Gasteiger partial charge on any atom is -0.468 e. The fourth-order valence-corrected chi connectivity index (χ4v) is 3.19. The van der Waals surface area contributed by atoms with Crippen LogP contribution in [0, 0.1) is 6.92 Å². The maximum Gasteiger partial charge on any atom is 0.321 e. The van der Waals surface area contributed by atoms with Crippen molar-refractivity contribution in [3.63, 3.8) is 0 Å². The number of urea groups is 1. The van der Waals surface area contributed by atoms with Gasteiger partial charge >= 0.3 is 6.03 Å². The highest BCUT2D eigenvalue weighted by Crippen LogP contribution is 2.18. The molecular formula is C17H23N3O4S. The number of nitrogens with zero attached hydrogens (tertiary/aromatic N) is 1. The first-order chi connectivity index (χ1) is 12.1. The van der Waals surface area contributed by atoms with Crippen molar-refractivity contribution < 1.29 is 18.7 Å². The van der Waals surface area contributed by atoms with Crippen LogP contribution in [0.15, 0.2) is 34.9 Å². The summed E-state index contributed by atoms with van der Waals surface area (Å²) in [7, 11) is 1.55. The lowest BCUT2D eigenvalue weighted by atomic mass is 10.3. The highest BCUT2D eigenvalue weighted by atomic mass is 32.1. The third kappa shape index (κ3) is 7.08. The van der Waals surface area contributed by atoms with Crippen LogP contribution in [0.3, 0.4) is 0 Å². The van der Waals surface area contributed by atoms with Crippen molar-refractivity contribution in [2.24, 2.45) is 0 Å². The summed E-state index contributed by atoms with van der Waals surface area (Å²) in [5, 5.41) is 4.88. The molecule has 0 aliphatic carbocycles. The largest absolute Gasteiger partial charge is 0.468 e. The van der Waals surface area contributed by atoms with Gasteiger partial charge < -0.3 is 14.5 Å². The van der Waals surface area contributed by atoms with E-state index in [2.05, 4.69) is 10.6 Å². The summed E-state index contributed by atoms with van der Waals surface area (Å²) < 4.78 is 10.2. The van der Waals surface area contributed by atoms with E-state index in [1.165, 1.54) is 4.88 Å². The number of carbonyl (C=O) groups is 2. The number of nitrogens with one attached hydrogen (secondary N) is 2. The number of amides is 3. The summed E-state index contributed by atoms with van der Waals surface area (Å²) >= 11 is 1.69. The number of carbonyl (C=O) groups excluding carboxylic acids is 2. The van der Waals surface area contributed by atoms with E-state index in [0.717, 1.165) is 10.6 Å². The Bertz CT molecular complexity index is 669. The van der Waals surface area contributed by atoms with Crippen LogP contribution in [-0.2, 0) is 22.6 Å². The zero-order chi connectivity index (χ0) is 18.1. The fraction of sp³-hybridized carbons (Fsp3) is 0.412. The topological polar surface area (TPSA) is 83.8 Å². The van der Waals surface area contributed by atoms with Gasteiger partial charge in [0.25, 0.3) is 0 Å². The summed E-state index contributed by atoms with van der Waals surface area (Å²) in [5.41, 5.74) is 0. The molecule has 0 aromatic carbocycles. The molecule has 2 N–H and O–H groups in total. The number of hydrogen-bond donors (Lipinski definition) is 2. The first-order valence-corrected chi connectivity index (χ1v) is 8.75. The van der Waals surface area contributed by atoms with Gasteiger partial charge in [-0.05, 0) is 31.2 Å². The summed E-state index contributed by atoms with van der Waals surface area (Å²) in [5.74, 6) is 0.403. The molecule has 0 saturated heterocycles. The predicted molar refractivity (Wildman–Crippen MR) is 95.3 cm³/mol. The van der Waals surface area contributed by atoms with E-state index < -0.39 is 6.03 Å². The molecule has 0 bridgehead atoms. The lowest BCUT2D eigenvalue weighted by Gasteiger charge is -2.19. The minimum atomic E-state index is -0.521. The smallest absolute Gasteiger partial charge is 0.321 e. The number of ether oxygens (including phenoxy) is 1. The molecule has 3 amide bonds. The van der Waals surface area contributed by atoms with E-state index >= 15 is 0 Å². The van der Waals surface area contributed by atoms with Crippen LogP contribution in [-0.4, -0.2) is 43.6 Å². The van der Waals surface area contributed by atoms with Gasteiger partial charge in [-0.3, -0.25) is 15.0 Å². The Morgan fingerprint density at radius 2 is 2.12 bits per heavy atom. The molecule has 2 rings (SSSR count). The lowest BCUT2D eigenvalue weighted by Crippen LogP contribution is -2.44. The standard InChI is InChI=1S/C17H23N3O4S/c1-13-5-6-15(25-13)11-20(10-14-4-3-8-24-14)12-16(21)19-17(22)18-7-9-23-2/h3-6,8H,7,9-12H2,1-2H3,(H2,18,19,21,22). The Balaban J connectivity index is 1.90. The Kier molecular flexibility index (Phi) is 7.65. The van der Waals surface area contributed by atoms with Crippen LogP contribution in [0.4, 0.5) is 4.79 Å². The van der Waals surface area contributed by atoms with Gasteiger partial charge in [-0.15, -0.1) is 11.3 Å². The average molecular weight is 365 g/mol. The molecule has 0 fully saturated rings. The monoisotopic (exact) mass is 365 g/mol. The first kappa shape index (κ1) is 19.2. The van der Waals surface area contributed by atoms with Crippen molar-refractivity contribution in [3.05, 3.63) is 46.0 Å². The van der Waals surface area contributed by atoms with Crippen molar-refractivity contribution in [1.29, 1.82) is 0 Å². The van der Waals surface area contributed by atoms with Crippen molar-refractivity contribution in [2.75, 3.05) is 26.8 Å². The highest BCUT2D eigenvalue weighted by Gasteiger charge is 2.16. The second-order valence-corrected chi connectivity index (χ2v) is 6.91. The van der Waals surface area contributed by atoms with Gasteiger partial charge in [-0.1, -0.05) is 0 Å². The summed E-state index contributed by atoms with van der Waals surface area (Å²) in [4.78, 5) is 28.1. The molecular weight excluding hydrogens is 342 g/mol. The molecule has 25 heavy (non-hydrogen) atoms. The number of imide groups is 1. The average Bonchev–Trinajstić information content (AvgIpc) is 3.19. The summed E-state index contributed by atoms with van der Waals surface area (Å²) in [6.07, 6.45) is 1.60. The van der Waals surface area contributed by atoms with Gasteiger partial charge in [0.1, 0.15) is 5.76 Å². The molecule has 0 spiro atoms. The molecule has 0 aliphatic heterocycles. The summed E-state index contributed by atoms with van der Waals surface area (Å²) in [6.45, 7) is 3.97. The molecule has 2 heterocycles. The minimum absolute atomic E-state index is 0.0926. The molecule has 0 atom stereocenters. The highest BCUT2D eigenvalue weighted by molar-refractivity contribution is 7.11. The quantitative estimate of drug-likeness (QED) is 0.665. The molecule has 0 radical (unpaired) electrons. The Labute approximate surface area is 151 Å². The zero-order valence-corrected chi connectivity index (χ0v) is 15.2. The second-order valence-electron chi connectivity index (χ2n) is 5.53. The fourth-order valence-electron chi connectivity index (χ4n) is 2.26. The zero-order valence-electron chi connectivity index (χ0n) is 14.4.